The molecule has 1 nitrogen and oxygen atoms in total. The molecule has 0 saturated carbocycles. The Bertz CT molecular complexity index is 1230. The van der Waals surface area contributed by atoms with Gasteiger partial charge < -0.3 is 4.74 Å². The average molecular weight is 449 g/mol. The summed E-state index contributed by atoms with van der Waals surface area (Å²) in [5.74, 6) is 1.31. The molecule has 0 N–H and O–H groups in total. The first-order chi connectivity index (χ1) is 16.4. The first-order valence-electron chi connectivity index (χ1n) is 12.3. The van der Waals surface area contributed by atoms with Gasteiger partial charge in [0.05, 0.1) is 6.61 Å². The smallest absolute Gasteiger partial charge is 0.119 e. The summed E-state index contributed by atoms with van der Waals surface area (Å²) in [4.78, 5) is 0. The van der Waals surface area contributed by atoms with E-state index in [2.05, 4.69) is 120 Å². The summed E-state index contributed by atoms with van der Waals surface area (Å²) in [7, 11) is 0. The van der Waals surface area contributed by atoms with Crippen LogP contribution in [0.2, 0.25) is 0 Å². The fourth-order valence-corrected chi connectivity index (χ4v) is 4.32. The van der Waals surface area contributed by atoms with Crippen LogP contribution in [-0.2, 0) is 12.8 Å². The van der Waals surface area contributed by atoms with Gasteiger partial charge in [0.25, 0.3) is 0 Å². The minimum Gasteiger partial charge on any atom is -0.493 e. The molecule has 0 fully saturated rings. The SMILES string of the molecule is Cc1ccc(C(C)COc2ccc(CCc3ccc(-c4ccc(C)c(C)c4)cc3C)cc2)cc1. The van der Waals surface area contributed by atoms with Crippen molar-refractivity contribution >= 4 is 0 Å². The van der Waals surface area contributed by atoms with E-state index in [4.69, 9.17) is 4.74 Å². The van der Waals surface area contributed by atoms with Crippen LogP contribution >= 0.6 is 0 Å². The zero-order chi connectivity index (χ0) is 24.1. The lowest BCUT2D eigenvalue weighted by molar-refractivity contribution is 0.295. The molecule has 0 aliphatic heterocycles. The average Bonchev–Trinajstić information content (AvgIpc) is 2.84. The molecular formula is C33H36O. The Kier molecular flexibility index (Phi) is 7.53. The maximum atomic E-state index is 6.06. The highest BCUT2D eigenvalue weighted by atomic mass is 16.5. The van der Waals surface area contributed by atoms with E-state index in [0.717, 1.165) is 18.6 Å². The highest BCUT2D eigenvalue weighted by Crippen LogP contribution is 2.26. The van der Waals surface area contributed by atoms with Crippen LogP contribution in [0.1, 0.15) is 51.8 Å². The number of rotatable bonds is 8. The molecule has 0 aliphatic carbocycles. The number of benzene rings is 4. The lowest BCUT2D eigenvalue weighted by Gasteiger charge is -2.14. The second kappa shape index (κ2) is 10.7. The van der Waals surface area contributed by atoms with Crippen molar-refractivity contribution < 1.29 is 4.74 Å². The number of aryl methyl sites for hydroxylation is 6. The summed E-state index contributed by atoms with van der Waals surface area (Å²) in [5.41, 5.74) is 12.0. The van der Waals surface area contributed by atoms with Crippen molar-refractivity contribution in [3.63, 3.8) is 0 Å². The first kappa shape index (κ1) is 23.8. The van der Waals surface area contributed by atoms with Crippen molar-refractivity contribution in [3.8, 4) is 16.9 Å². The zero-order valence-electron chi connectivity index (χ0n) is 21.2. The van der Waals surface area contributed by atoms with E-state index in [9.17, 15) is 0 Å². The lowest BCUT2D eigenvalue weighted by Crippen LogP contribution is -2.07. The third-order valence-corrected chi connectivity index (χ3v) is 6.94. The molecular weight excluding hydrogens is 412 g/mol. The van der Waals surface area contributed by atoms with E-state index in [1.807, 2.05) is 0 Å². The molecule has 0 bridgehead atoms. The molecule has 4 aromatic carbocycles. The molecule has 1 heteroatoms. The van der Waals surface area contributed by atoms with Crippen LogP contribution in [0, 0.1) is 27.7 Å². The highest BCUT2D eigenvalue weighted by Gasteiger charge is 2.08. The Morgan fingerprint density at radius 1 is 0.618 bits per heavy atom. The largest absolute Gasteiger partial charge is 0.493 e. The Balaban J connectivity index is 1.32. The van der Waals surface area contributed by atoms with Gasteiger partial charge in [-0.1, -0.05) is 85.3 Å². The van der Waals surface area contributed by atoms with Gasteiger partial charge in [0.15, 0.2) is 0 Å². The summed E-state index contributed by atoms with van der Waals surface area (Å²) in [6, 6.07) is 30.9. The summed E-state index contributed by atoms with van der Waals surface area (Å²) in [6.07, 6.45) is 2.08. The van der Waals surface area contributed by atoms with Crippen LogP contribution in [0.3, 0.4) is 0 Å². The normalized spacial score (nSPS) is 11.9. The second-order valence-electron chi connectivity index (χ2n) is 9.71. The van der Waals surface area contributed by atoms with Crippen molar-refractivity contribution in [1.82, 2.24) is 0 Å². The van der Waals surface area contributed by atoms with Gasteiger partial charge >= 0.3 is 0 Å². The Hall–Kier alpha value is -3.32. The van der Waals surface area contributed by atoms with E-state index in [0.29, 0.717) is 12.5 Å². The predicted molar refractivity (Wildman–Crippen MR) is 145 cm³/mol. The van der Waals surface area contributed by atoms with Crippen molar-refractivity contribution in [1.29, 1.82) is 0 Å². The quantitative estimate of drug-likeness (QED) is 0.262. The van der Waals surface area contributed by atoms with E-state index < -0.39 is 0 Å². The van der Waals surface area contributed by atoms with Gasteiger partial charge in [0.1, 0.15) is 5.75 Å². The molecule has 0 aliphatic rings. The van der Waals surface area contributed by atoms with Gasteiger partial charge in [0, 0.05) is 5.92 Å². The molecule has 34 heavy (non-hydrogen) atoms. The van der Waals surface area contributed by atoms with Gasteiger partial charge in [-0.05, 0) is 97.2 Å². The predicted octanol–water partition coefficient (Wildman–Crippen LogP) is 8.55. The molecule has 4 rings (SSSR count). The molecule has 0 aromatic heterocycles. The van der Waals surface area contributed by atoms with E-state index in [1.165, 1.54) is 50.1 Å². The van der Waals surface area contributed by atoms with E-state index >= 15 is 0 Å². The molecule has 1 unspecified atom stereocenters. The Labute approximate surface area is 205 Å². The minimum absolute atomic E-state index is 0.370. The summed E-state index contributed by atoms with van der Waals surface area (Å²) in [6.45, 7) is 11.6. The highest BCUT2D eigenvalue weighted by molar-refractivity contribution is 5.66. The molecule has 1 atom stereocenters. The summed E-state index contributed by atoms with van der Waals surface area (Å²) >= 11 is 0. The van der Waals surface area contributed by atoms with Gasteiger partial charge in [-0.15, -0.1) is 0 Å². The summed E-state index contributed by atoms with van der Waals surface area (Å²) in [5, 5.41) is 0. The molecule has 0 spiro atoms. The lowest BCUT2D eigenvalue weighted by atomic mass is 9.95. The maximum absolute atomic E-state index is 6.06. The van der Waals surface area contributed by atoms with Gasteiger partial charge in [-0.25, -0.2) is 0 Å². The second-order valence-corrected chi connectivity index (χ2v) is 9.71. The van der Waals surface area contributed by atoms with Crippen molar-refractivity contribution in [3.05, 3.63) is 124 Å². The van der Waals surface area contributed by atoms with Crippen molar-refractivity contribution in [2.45, 2.75) is 53.4 Å². The summed E-state index contributed by atoms with van der Waals surface area (Å²) < 4.78 is 6.06. The third kappa shape index (κ3) is 5.97. The topological polar surface area (TPSA) is 9.23 Å². The molecule has 4 aromatic rings. The maximum Gasteiger partial charge on any atom is 0.119 e. The molecule has 174 valence electrons. The zero-order valence-corrected chi connectivity index (χ0v) is 21.2. The number of hydrogen-bond donors (Lipinski definition) is 0. The Morgan fingerprint density at radius 2 is 1.26 bits per heavy atom. The van der Waals surface area contributed by atoms with Gasteiger partial charge in [-0.2, -0.15) is 0 Å². The van der Waals surface area contributed by atoms with Gasteiger partial charge in [0.2, 0.25) is 0 Å². The Morgan fingerprint density at radius 3 is 1.91 bits per heavy atom. The van der Waals surface area contributed by atoms with Crippen LogP contribution in [0.4, 0.5) is 0 Å². The van der Waals surface area contributed by atoms with Crippen LogP contribution in [0.25, 0.3) is 11.1 Å². The number of hydrogen-bond acceptors (Lipinski definition) is 1. The van der Waals surface area contributed by atoms with Crippen molar-refractivity contribution in [2.24, 2.45) is 0 Å². The molecule has 0 amide bonds. The minimum atomic E-state index is 0.370. The van der Waals surface area contributed by atoms with Crippen LogP contribution in [0.15, 0.2) is 84.9 Å². The van der Waals surface area contributed by atoms with Crippen LogP contribution in [-0.4, -0.2) is 6.61 Å². The van der Waals surface area contributed by atoms with Crippen LogP contribution in [0.5, 0.6) is 5.75 Å². The number of ether oxygens (including phenoxy) is 1. The molecule has 0 saturated heterocycles. The van der Waals surface area contributed by atoms with E-state index in [1.54, 1.807) is 0 Å². The van der Waals surface area contributed by atoms with Crippen molar-refractivity contribution in [2.75, 3.05) is 6.61 Å². The monoisotopic (exact) mass is 448 g/mol. The van der Waals surface area contributed by atoms with Crippen LogP contribution < -0.4 is 4.74 Å². The first-order valence-corrected chi connectivity index (χ1v) is 12.3. The van der Waals surface area contributed by atoms with Gasteiger partial charge in [-0.3, -0.25) is 0 Å². The third-order valence-electron chi connectivity index (χ3n) is 6.94. The fraction of sp³-hybridized carbons (Fsp3) is 0.273. The molecule has 0 heterocycles. The fourth-order valence-electron chi connectivity index (χ4n) is 4.32. The van der Waals surface area contributed by atoms with E-state index in [-0.39, 0.29) is 0 Å². The standard InChI is InChI=1S/C33H36O/c1-23-6-12-30(13-7-23)27(5)22-34-33-18-10-28(11-19-33)9-15-29-16-17-32(21-26(29)4)31-14-8-24(2)25(3)20-31/h6-8,10-14,16-21,27H,9,15,22H2,1-5H3. The molecule has 0 radical (unpaired) electrons.